The Hall–Kier alpha value is -0.0800. The molecule has 1 aliphatic carbocycles. The van der Waals surface area contributed by atoms with E-state index in [1.165, 1.54) is 25.8 Å². The third-order valence-corrected chi connectivity index (χ3v) is 2.56. The van der Waals surface area contributed by atoms with E-state index >= 15 is 0 Å². The van der Waals surface area contributed by atoms with Gasteiger partial charge in [-0.2, -0.15) is 0 Å². The zero-order valence-corrected chi connectivity index (χ0v) is 5.69. The second-order valence-electron chi connectivity index (χ2n) is 3.60. The normalized spacial score (nSPS) is 39.0. The van der Waals surface area contributed by atoms with E-state index in [0.717, 1.165) is 6.54 Å². The first-order valence-corrected chi connectivity index (χ1v) is 3.77. The topological polar surface area (TPSA) is 38.0 Å². The van der Waals surface area contributed by atoms with Crippen LogP contribution < -0.4 is 11.1 Å². The molecule has 2 nitrogen and oxygen atoms in total. The third-order valence-electron chi connectivity index (χ3n) is 2.56. The Kier molecular flexibility index (Phi) is 1.08. The second-order valence-corrected chi connectivity index (χ2v) is 3.60. The van der Waals surface area contributed by atoms with Gasteiger partial charge in [-0.3, -0.25) is 0 Å². The molecule has 1 spiro atoms. The van der Waals surface area contributed by atoms with Crippen molar-refractivity contribution in [2.45, 2.75) is 25.3 Å². The van der Waals surface area contributed by atoms with Crippen LogP contribution in [0.1, 0.15) is 19.3 Å². The van der Waals surface area contributed by atoms with E-state index in [4.69, 9.17) is 5.73 Å². The van der Waals surface area contributed by atoms with E-state index < -0.39 is 0 Å². The van der Waals surface area contributed by atoms with E-state index in [1.54, 1.807) is 0 Å². The Morgan fingerprint density at radius 1 is 1.44 bits per heavy atom. The molecule has 1 saturated heterocycles. The lowest BCUT2D eigenvalue weighted by Gasteiger charge is -2.27. The minimum Gasteiger partial charge on any atom is -0.327 e. The maximum absolute atomic E-state index is 5.79. The average molecular weight is 126 g/mol. The summed E-state index contributed by atoms with van der Waals surface area (Å²) in [5.74, 6) is 0. The van der Waals surface area contributed by atoms with Gasteiger partial charge in [-0.25, -0.2) is 0 Å². The number of rotatable bonds is 0. The largest absolute Gasteiger partial charge is 0.327 e. The van der Waals surface area contributed by atoms with Crippen molar-refractivity contribution in [3.05, 3.63) is 0 Å². The Balaban J connectivity index is 1.96. The van der Waals surface area contributed by atoms with Crippen molar-refractivity contribution in [3.63, 3.8) is 0 Å². The van der Waals surface area contributed by atoms with Crippen LogP contribution in [-0.4, -0.2) is 19.1 Å². The highest BCUT2D eigenvalue weighted by atomic mass is 15.0. The van der Waals surface area contributed by atoms with Gasteiger partial charge in [-0.1, -0.05) is 0 Å². The first kappa shape index (κ1) is 5.69. The third kappa shape index (κ3) is 0.970. The summed E-state index contributed by atoms with van der Waals surface area (Å²) >= 11 is 0. The molecular weight excluding hydrogens is 112 g/mol. The summed E-state index contributed by atoms with van der Waals surface area (Å²) in [5.41, 5.74) is 6.45. The van der Waals surface area contributed by atoms with Crippen LogP contribution in [0, 0.1) is 5.41 Å². The van der Waals surface area contributed by atoms with E-state index in [2.05, 4.69) is 5.32 Å². The molecule has 0 aromatic rings. The second kappa shape index (κ2) is 1.70. The molecule has 2 fully saturated rings. The minimum atomic E-state index is 0.432. The molecule has 9 heavy (non-hydrogen) atoms. The van der Waals surface area contributed by atoms with Crippen LogP contribution in [0.5, 0.6) is 0 Å². The molecular formula is C7H14N2. The molecule has 1 saturated carbocycles. The molecule has 3 N–H and O–H groups in total. The number of piperidine rings is 1. The van der Waals surface area contributed by atoms with Crippen LogP contribution in [0.2, 0.25) is 0 Å². The summed E-state index contributed by atoms with van der Waals surface area (Å²) < 4.78 is 0. The summed E-state index contributed by atoms with van der Waals surface area (Å²) in [7, 11) is 0. The van der Waals surface area contributed by atoms with Crippen LogP contribution in [0.4, 0.5) is 0 Å². The predicted molar refractivity (Wildman–Crippen MR) is 37.1 cm³/mol. The molecule has 2 heteroatoms. The van der Waals surface area contributed by atoms with Crippen LogP contribution in [0.3, 0.4) is 0 Å². The van der Waals surface area contributed by atoms with Gasteiger partial charge in [0.25, 0.3) is 0 Å². The summed E-state index contributed by atoms with van der Waals surface area (Å²) in [6.07, 6.45) is 4.08. The number of hydrogen-bond donors (Lipinski definition) is 2. The molecule has 0 aromatic heterocycles. The molecule has 1 heterocycles. The molecule has 1 aliphatic heterocycles. The summed E-state index contributed by atoms with van der Waals surface area (Å²) in [6.45, 7) is 2.25. The Labute approximate surface area is 55.8 Å². The lowest BCUT2D eigenvalue weighted by molar-refractivity contribution is 0.322. The fourth-order valence-corrected chi connectivity index (χ4v) is 1.78. The van der Waals surface area contributed by atoms with E-state index in [1.807, 2.05) is 0 Å². The summed E-state index contributed by atoms with van der Waals surface area (Å²) in [5, 5.41) is 3.36. The molecule has 1 unspecified atom stereocenters. The minimum absolute atomic E-state index is 0.432. The molecule has 0 aromatic carbocycles. The molecule has 52 valence electrons. The lowest BCUT2D eigenvalue weighted by atomic mass is 9.94. The van der Waals surface area contributed by atoms with Crippen molar-refractivity contribution < 1.29 is 0 Å². The monoisotopic (exact) mass is 126 g/mol. The average Bonchev–Trinajstić information content (AvgIpc) is 2.49. The Bertz CT molecular complexity index is 118. The van der Waals surface area contributed by atoms with E-state index in [0.29, 0.717) is 11.5 Å². The van der Waals surface area contributed by atoms with Gasteiger partial charge in [0, 0.05) is 19.1 Å². The van der Waals surface area contributed by atoms with Crippen molar-refractivity contribution in [2.75, 3.05) is 13.1 Å². The summed E-state index contributed by atoms with van der Waals surface area (Å²) in [4.78, 5) is 0. The smallest absolute Gasteiger partial charge is 0.0171 e. The fraction of sp³-hybridized carbons (Fsp3) is 1.00. The zero-order chi connectivity index (χ0) is 6.32. The van der Waals surface area contributed by atoms with Gasteiger partial charge in [-0.05, 0) is 24.7 Å². The van der Waals surface area contributed by atoms with Crippen molar-refractivity contribution in [1.29, 1.82) is 0 Å². The highest BCUT2D eigenvalue weighted by Gasteiger charge is 2.44. The molecule has 0 amide bonds. The van der Waals surface area contributed by atoms with Gasteiger partial charge in [0.1, 0.15) is 0 Å². The maximum Gasteiger partial charge on any atom is 0.0171 e. The van der Waals surface area contributed by atoms with Crippen LogP contribution >= 0.6 is 0 Å². The number of nitrogens with two attached hydrogens (primary N) is 1. The van der Waals surface area contributed by atoms with Crippen LogP contribution in [0.15, 0.2) is 0 Å². The molecule has 1 atom stereocenters. The van der Waals surface area contributed by atoms with Crippen LogP contribution in [0.25, 0.3) is 0 Å². The first-order valence-electron chi connectivity index (χ1n) is 3.77. The van der Waals surface area contributed by atoms with Crippen molar-refractivity contribution in [1.82, 2.24) is 5.32 Å². The molecule has 0 bridgehead atoms. The van der Waals surface area contributed by atoms with Crippen molar-refractivity contribution >= 4 is 0 Å². The van der Waals surface area contributed by atoms with Gasteiger partial charge in [0.15, 0.2) is 0 Å². The first-order chi connectivity index (χ1) is 4.31. The highest BCUT2D eigenvalue weighted by molar-refractivity contribution is 5.00. The zero-order valence-electron chi connectivity index (χ0n) is 5.69. The maximum atomic E-state index is 5.79. The van der Waals surface area contributed by atoms with Crippen molar-refractivity contribution in [2.24, 2.45) is 11.1 Å². The van der Waals surface area contributed by atoms with Gasteiger partial charge in [0.2, 0.25) is 0 Å². The highest BCUT2D eigenvalue weighted by Crippen LogP contribution is 2.49. The van der Waals surface area contributed by atoms with Crippen molar-refractivity contribution in [3.8, 4) is 0 Å². The predicted octanol–water partition coefficient (Wildman–Crippen LogP) is 0.0872. The summed E-state index contributed by atoms with van der Waals surface area (Å²) in [6, 6.07) is 0.432. The molecule has 2 rings (SSSR count). The number of nitrogens with one attached hydrogen (secondary N) is 1. The van der Waals surface area contributed by atoms with E-state index in [9.17, 15) is 0 Å². The van der Waals surface area contributed by atoms with Gasteiger partial charge >= 0.3 is 0 Å². The molecule has 0 radical (unpaired) electrons. The number of hydrogen-bond acceptors (Lipinski definition) is 2. The van der Waals surface area contributed by atoms with Gasteiger partial charge < -0.3 is 11.1 Å². The van der Waals surface area contributed by atoms with Gasteiger partial charge in [0.05, 0.1) is 0 Å². The fourth-order valence-electron chi connectivity index (χ4n) is 1.78. The Morgan fingerprint density at radius 3 is 2.67 bits per heavy atom. The van der Waals surface area contributed by atoms with E-state index in [-0.39, 0.29) is 0 Å². The Morgan fingerprint density at radius 2 is 2.22 bits per heavy atom. The SMILES string of the molecule is NC1CNCC2(CC2)C1. The molecule has 2 aliphatic rings. The lowest BCUT2D eigenvalue weighted by Crippen LogP contribution is -2.44. The quantitative estimate of drug-likeness (QED) is 0.482. The van der Waals surface area contributed by atoms with Gasteiger partial charge in [-0.15, -0.1) is 0 Å². The van der Waals surface area contributed by atoms with Crippen LogP contribution in [-0.2, 0) is 0 Å². The standard InChI is InChI=1S/C7H14N2/c8-6-3-7(1-2-7)5-9-4-6/h6,9H,1-5,8H2.